The zero-order chi connectivity index (χ0) is 21.7. The van der Waals surface area contributed by atoms with E-state index in [1.807, 2.05) is 13.0 Å². The van der Waals surface area contributed by atoms with Gasteiger partial charge in [-0.15, -0.1) is 6.42 Å². The number of pyridine rings is 1. The van der Waals surface area contributed by atoms with E-state index in [0.717, 1.165) is 30.9 Å². The highest BCUT2D eigenvalue weighted by Gasteiger charge is 2.37. The second kappa shape index (κ2) is 9.72. The number of rotatable bonds is 8. The predicted molar refractivity (Wildman–Crippen MR) is 114 cm³/mol. The normalized spacial score (nSPS) is 21.4. The van der Waals surface area contributed by atoms with Crippen molar-refractivity contribution < 1.29 is 14.4 Å². The summed E-state index contributed by atoms with van der Waals surface area (Å²) < 4.78 is 0. The van der Waals surface area contributed by atoms with E-state index in [2.05, 4.69) is 32.9 Å². The number of anilines is 1. The van der Waals surface area contributed by atoms with E-state index in [1.54, 1.807) is 4.90 Å². The van der Waals surface area contributed by atoms with Crippen molar-refractivity contribution in [3.05, 3.63) is 23.4 Å². The molecule has 2 aliphatic heterocycles. The van der Waals surface area contributed by atoms with Crippen LogP contribution in [0.2, 0.25) is 0 Å². The molecule has 2 amide bonds. The van der Waals surface area contributed by atoms with Gasteiger partial charge in [0.25, 0.3) is 0 Å². The summed E-state index contributed by atoms with van der Waals surface area (Å²) in [5.41, 5.74) is 2.10. The molecule has 0 bridgehead atoms. The molecule has 8 heteroatoms. The van der Waals surface area contributed by atoms with Crippen LogP contribution in [0.15, 0.2) is 12.1 Å². The minimum absolute atomic E-state index is 0.0731. The molecule has 160 valence electrons. The predicted octanol–water partition coefficient (Wildman–Crippen LogP) is 0.616. The Morgan fingerprint density at radius 2 is 2.23 bits per heavy atom. The van der Waals surface area contributed by atoms with Gasteiger partial charge in [-0.3, -0.25) is 14.4 Å². The summed E-state index contributed by atoms with van der Waals surface area (Å²) in [6, 6.07) is 2.99. The summed E-state index contributed by atoms with van der Waals surface area (Å²) in [7, 11) is 0. The fraction of sp³-hybridized carbons (Fsp3) is 0.545. The number of hydrogen-bond donors (Lipinski definition) is 3. The molecule has 1 fully saturated rings. The second-order valence-electron chi connectivity index (χ2n) is 8.02. The van der Waals surface area contributed by atoms with Crippen LogP contribution in [0.4, 0.5) is 5.82 Å². The third-order valence-electron chi connectivity index (χ3n) is 5.51. The van der Waals surface area contributed by atoms with E-state index >= 15 is 0 Å². The third kappa shape index (κ3) is 5.36. The Balaban J connectivity index is 1.53. The Morgan fingerprint density at radius 1 is 1.43 bits per heavy atom. The SMILES string of the molecule is C#C[C@H](CC(C)=O)NC(=O)CN1C(=O)[C@@H](NCc2ccc3c(n2)NCCC3)C[C@H]1C. The Hall–Kier alpha value is -2.92. The highest BCUT2D eigenvalue weighted by Crippen LogP contribution is 2.21. The molecule has 2 aliphatic rings. The first-order chi connectivity index (χ1) is 14.4. The monoisotopic (exact) mass is 411 g/mol. The summed E-state index contributed by atoms with van der Waals surface area (Å²) in [5, 5.41) is 9.23. The number of Topliss-reactive ketones (excluding diaryl/α,β-unsaturated/α-hetero) is 1. The summed E-state index contributed by atoms with van der Waals surface area (Å²) >= 11 is 0. The minimum Gasteiger partial charge on any atom is -0.370 e. The molecule has 3 heterocycles. The Kier molecular flexibility index (Phi) is 7.06. The van der Waals surface area contributed by atoms with Crippen molar-refractivity contribution in [2.24, 2.45) is 0 Å². The van der Waals surface area contributed by atoms with Gasteiger partial charge >= 0.3 is 0 Å². The maximum atomic E-state index is 12.8. The molecule has 3 N–H and O–H groups in total. The lowest BCUT2D eigenvalue weighted by Gasteiger charge is -2.22. The number of nitrogens with zero attached hydrogens (tertiary/aromatic N) is 2. The van der Waals surface area contributed by atoms with Crippen LogP contribution in [0.3, 0.4) is 0 Å². The molecule has 3 rings (SSSR count). The molecule has 8 nitrogen and oxygen atoms in total. The van der Waals surface area contributed by atoms with E-state index in [-0.39, 0.29) is 42.6 Å². The number of carbonyl (C=O) groups is 3. The topological polar surface area (TPSA) is 103 Å². The molecule has 0 aliphatic carbocycles. The average Bonchev–Trinajstić information content (AvgIpc) is 2.98. The molecule has 3 atom stereocenters. The number of amides is 2. The Labute approximate surface area is 177 Å². The van der Waals surface area contributed by atoms with E-state index < -0.39 is 6.04 Å². The van der Waals surface area contributed by atoms with Crippen LogP contribution in [0.1, 0.15) is 44.4 Å². The maximum Gasteiger partial charge on any atom is 0.240 e. The maximum absolute atomic E-state index is 12.8. The van der Waals surface area contributed by atoms with Crippen LogP contribution in [0, 0.1) is 12.3 Å². The van der Waals surface area contributed by atoms with E-state index in [1.165, 1.54) is 12.5 Å². The van der Waals surface area contributed by atoms with Crippen LogP contribution in [0.5, 0.6) is 0 Å². The highest BCUT2D eigenvalue weighted by atomic mass is 16.2. The fourth-order valence-electron chi connectivity index (χ4n) is 3.92. The lowest BCUT2D eigenvalue weighted by atomic mass is 10.1. The molecule has 0 aromatic carbocycles. The van der Waals surface area contributed by atoms with Gasteiger partial charge in [-0.1, -0.05) is 12.0 Å². The van der Waals surface area contributed by atoms with Gasteiger partial charge in [-0.2, -0.15) is 0 Å². The molecule has 1 aromatic heterocycles. The first-order valence-electron chi connectivity index (χ1n) is 10.4. The Bertz CT molecular complexity index is 863. The zero-order valence-corrected chi connectivity index (χ0v) is 17.5. The molecular weight excluding hydrogens is 382 g/mol. The van der Waals surface area contributed by atoms with Gasteiger partial charge in [0.15, 0.2) is 0 Å². The molecule has 0 spiro atoms. The van der Waals surface area contributed by atoms with Crippen LogP contribution >= 0.6 is 0 Å². The first kappa shape index (κ1) is 21.8. The number of ketones is 1. The van der Waals surface area contributed by atoms with Crippen molar-refractivity contribution in [3.63, 3.8) is 0 Å². The van der Waals surface area contributed by atoms with Crippen LogP contribution in [-0.4, -0.2) is 58.7 Å². The minimum atomic E-state index is -0.652. The molecular formula is C22H29N5O3. The molecule has 0 radical (unpaired) electrons. The van der Waals surface area contributed by atoms with Gasteiger partial charge in [0, 0.05) is 25.6 Å². The summed E-state index contributed by atoms with van der Waals surface area (Å²) in [6.45, 7) is 4.68. The van der Waals surface area contributed by atoms with Gasteiger partial charge in [0.2, 0.25) is 11.8 Å². The third-order valence-corrected chi connectivity index (χ3v) is 5.51. The number of terminal acetylenes is 1. The molecule has 1 aromatic rings. The van der Waals surface area contributed by atoms with Gasteiger partial charge in [0.1, 0.15) is 11.6 Å². The van der Waals surface area contributed by atoms with Crippen LogP contribution in [-0.2, 0) is 27.3 Å². The molecule has 30 heavy (non-hydrogen) atoms. The number of aromatic nitrogens is 1. The van der Waals surface area contributed by atoms with Crippen molar-refractivity contribution >= 4 is 23.4 Å². The number of likely N-dealkylation sites (tertiary alicyclic amines) is 1. The molecule has 1 saturated heterocycles. The van der Waals surface area contributed by atoms with Gasteiger partial charge < -0.3 is 20.9 Å². The van der Waals surface area contributed by atoms with E-state index in [0.29, 0.717) is 13.0 Å². The first-order valence-corrected chi connectivity index (χ1v) is 10.4. The van der Waals surface area contributed by atoms with E-state index in [9.17, 15) is 14.4 Å². The zero-order valence-electron chi connectivity index (χ0n) is 17.5. The van der Waals surface area contributed by atoms with Crippen molar-refractivity contribution in [2.75, 3.05) is 18.4 Å². The highest BCUT2D eigenvalue weighted by molar-refractivity contribution is 5.90. The lowest BCUT2D eigenvalue weighted by Crippen LogP contribution is -2.46. The molecule has 0 unspecified atom stereocenters. The van der Waals surface area contributed by atoms with Crippen LogP contribution in [0.25, 0.3) is 0 Å². The smallest absolute Gasteiger partial charge is 0.240 e. The van der Waals surface area contributed by atoms with E-state index in [4.69, 9.17) is 6.42 Å². The largest absolute Gasteiger partial charge is 0.370 e. The quantitative estimate of drug-likeness (QED) is 0.542. The average molecular weight is 412 g/mol. The summed E-state index contributed by atoms with van der Waals surface area (Å²) in [4.78, 5) is 42.5. The fourth-order valence-corrected chi connectivity index (χ4v) is 3.92. The number of nitrogens with one attached hydrogen (secondary N) is 3. The number of fused-ring (bicyclic) bond motifs is 1. The van der Waals surface area contributed by atoms with Gasteiger partial charge in [0.05, 0.1) is 24.3 Å². The molecule has 0 saturated carbocycles. The van der Waals surface area contributed by atoms with Gasteiger partial charge in [-0.05, 0) is 44.7 Å². The lowest BCUT2D eigenvalue weighted by molar-refractivity contribution is -0.135. The van der Waals surface area contributed by atoms with Crippen molar-refractivity contribution in [1.29, 1.82) is 0 Å². The number of aryl methyl sites for hydroxylation is 1. The Morgan fingerprint density at radius 3 is 2.97 bits per heavy atom. The van der Waals surface area contributed by atoms with Gasteiger partial charge in [-0.25, -0.2) is 4.98 Å². The number of hydrogen-bond acceptors (Lipinski definition) is 6. The van der Waals surface area contributed by atoms with Crippen molar-refractivity contribution in [1.82, 2.24) is 20.5 Å². The number of carbonyl (C=O) groups excluding carboxylic acids is 3. The second-order valence-corrected chi connectivity index (χ2v) is 8.02. The van der Waals surface area contributed by atoms with Crippen molar-refractivity contribution in [3.8, 4) is 12.3 Å². The summed E-state index contributed by atoms with van der Waals surface area (Å²) in [6.07, 6.45) is 8.21. The van der Waals surface area contributed by atoms with Crippen LogP contribution < -0.4 is 16.0 Å². The van der Waals surface area contributed by atoms with Crippen molar-refractivity contribution in [2.45, 2.75) is 64.2 Å². The standard InChI is InChI=1S/C22H29N5O3/c1-4-17(11-15(3)28)25-20(29)13-27-14(2)10-19(22(27)30)24-12-18-8-7-16-6-5-9-23-21(16)26-18/h1,7-8,14,17,19,24H,5-6,9-13H2,2-3H3,(H,23,26)(H,25,29)/t14-,17-,19+/m1/s1. The summed E-state index contributed by atoms with van der Waals surface area (Å²) in [5.74, 6) is 2.76.